The maximum atomic E-state index is 12.1. The second-order valence-corrected chi connectivity index (χ2v) is 12.3. The van der Waals surface area contributed by atoms with Gasteiger partial charge in [-0.25, -0.2) is 18.4 Å². The lowest BCUT2D eigenvalue weighted by Gasteiger charge is -2.13. The largest absolute Gasteiger partial charge is 0.494 e. The Kier molecular flexibility index (Phi) is 12.8. The smallest absolute Gasteiger partial charge is 0.214 e. The minimum atomic E-state index is -2.63. The van der Waals surface area contributed by atoms with Crippen molar-refractivity contribution in [3.63, 3.8) is 0 Å². The maximum absolute atomic E-state index is 12.1. The van der Waals surface area contributed by atoms with Gasteiger partial charge in [-0.3, -0.25) is 0 Å². The molecule has 0 aromatic carbocycles. The fraction of sp³-hybridized carbons (Fsp3) is 0.400. The van der Waals surface area contributed by atoms with Crippen LogP contribution in [0.5, 0.6) is 11.5 Å². The number of methoxy groups -OCH3 is 2. The van der Waals surface area contributed by atoms with Crippen LogP contribution < -0.4 is 9.47 Å². The Bertz CT molecular complexity index is 1320. The molecule has 34 heavy (non-hydrogen) atoms. The molecular formula is C20H26Cl2N6O4S2. The summed E-state index contributed by atoms with van der Waals surface area (Å²) in [6.07, 6.45) is 8.95. The monoisotopic (exact) mass is 548 g/mol. The fourth-order valence-electron chi connectivity index (χ4n) is 2.34. The molecule has 0 bridgehead atoms. The number of hydrogen-bond acceptors (Lipinski definition) is 10. The Hall–Kier alpha value is -2.64. The predicted octanol–water partition coefficient (Wildman–Crippen LogP) is 4.84. The van der Waals surface area contributed by atoms with E-state index in [2.05, 4.69) is 18.7 Å². The van der Waals surface area contributed by atoms with Crippen LogP contribution in [0.4, 0.5) is 0 Å². The van der Waals surface area contributed by atoms with Crippen molar-refractivity contribution in [1.29, 1.82) is 10.5 Å². The van der Waals surface area contributed by atoms with Crippen LogP contribution in [-0.2, 0) is 25.2 Å². The van der Waals surface area contributed by atoms with Gasteiger partial charge in [0.05, 0.1) is 44.7 Å². The number of nitrogens with zero attached hydrogens (tertiary/aromatic N) is 6. The number of aromatic nitrogens is 2. The minimum Gasteiger partial charge on any atom is -0.494 e. The van der Waals surface area contributed by atoms with Crippen LogP contribution in [0.15, 0.2) is 33.3 Å². The van der Waals surface area contributed by atoms with Gasteiger partial charge in [0.15, 0.2) is 21.8 Å². The zero-order valence-electron chi connectivity index (χ0n) is 18.5. The Morgan fingerprint density at radius 2 is 1.50 bits per heavy atom. The molecule has 0 amide bonds. The number of nitriles is 2. The first-order valence-corrected chi connectivity index (χ1v) is 13.8. The van der Waals surface area contributed by atoms with E-state index in [1.54, 1.807) is 31.4 Å². The number of hydrogen-bond donors (Lipinski definition) is 0. The van der Waals surface area contributed by atoms with Gasteiger partial charge in [0.1, 0.15) is 0 Å². The molecule has 0 aliphatic rings. The van der Waals surface area contributed by atoms with E-state index < -0.39 is 24.7 Å². The zero-order chi connectivity index (χ0) is 25.2. The van der Waals surface area contributed by atoms with Gasteiger partial charge in [-0.15, -0.1) is 8.73 Å². The normalized spacial score (nSPS) is 14.1. The molecule has 0 saturated heterocycles. The van der Waals surface area contributed by atoms with Crippen molar-refractivity contribution in [3.05, 3.63) is 46.0 Å². The summed E-state index contributed by atoms with van der Waals surface area (Å²) in [5.74, 6) is 0.954. The van der Waals surface area contributed by atoms with Gasteiger partial charge in [-0.1, -0.05) is 30.6 Å². The number of ether oxygens (including phenoxy) is 2. The van der Waals surface area contributed by atoms with Gasteiger partial charge in [-0.05, 0) is 30.2 Å². The summed E-state index contributed by atoms with van der Waals surface area (Å²) < 4.78 is 40.6. The highest BCUT2D eigenvalue weighted by Gasteiger charge is 2.18. The molecule has 0 radical (unpaired) electrons. The van der Waals surface area contributed by atoms with Gasteiger partial charge >= 0.3 is 0 Å². The van der Waals surface area contributed by atoms with Gasteiger partial charge in [0.2, 0.25) is 12.4 Å². The van der Waals surface area contributed by atoms with Crippen LogP contribution in [0.1, 0.15) is 30.7 Å². The Balaban J connectivity index is 0.000000623. The number of halogens is 2. The van der Waals surface area contributed by atoms with E-state index in [1.807, 2.05) is 0 Å². The molecule has 2 heterocycles. The van der Waals surface area contributed by atoms with E-state index >= 15 is 0 Å². The van der Waals surface area contributed by atoms with E-state index in [1.165, 1.54) is 39.1 Å². The molecule has 0 fully saturated rings. The average molecular weight is 550 g/mol. The first kappa shape index (κ1) is 31.4. The van der Waals surface area contributed by atoms with Crippen LogP contribution in [0.25, 0.3) is 0 Å². The van der Waals surface area contributed by atoms with Crippen molar-refractivity contribution in [1.82, 2.24) is 9.97 Å². The van der Waals surface area contributed by atoms with Crippen LogP contribution >= 0.6 is 23.2 Å². The molecular weight excluding hydrogens is 523 g/mol. The predicted molar refractivity (Wildman–Crippen MR) is 135 cm³/mol. The molecule has 0 aliphatic carbocycles. The third-order valence-corrected chi connectivity index (χ3v) is 8.08. The van der Waals surface area contributed by atoms with E-state index in [0.717, 1.165) is 0 Å². The quantitative estimate of drug-likeness (QED) is 0.367. The lowest BCUT2D eigenvalue weighted by atomic mass is 10.2. The fourth-order valence-corrected chi connectivity index (χ4v) is 4.67. The number of rotatable bonds is 6. The van der Waals surface area contributed by atoms with E-state index in [4.69, 9.17) is 43.2 Å². The molecule has 14 heteroatoms. The molecule has 2 rings (SSSR count). The first-order valence-electron chi connectivity index (χ1n) is 8.95. The summed E-state index contributed by atoms with van der Waals surface area (Å²) >= 11 is 11.5. The molecule has 3 unspecified atom stereocenters. The van der Waals surface area contributed by atoms with Crippen LogP contribution in [-0.4, -0.2) is 45.1 Å². The van der Waals surface area contributed by atoms with Crippen molar-refractivity contribution in [2.24, 2.45) is 8.73 Å². The van der Waals surface area contributed by atoms with Crippen molar-refractivity contribution in [2.75, 3.05) is 26.7 Å². The minimum absolute atomic E-state index is 0. The lowest BCUT2D eigenvalue weighted by Crippen LogP contribution is -2.08. The first-order chi connectivity index (χ1) is 15.4. The van der Waals surface area contributed by atoms with Crippen molar-refractivity contribution in [2.45, 2.75) is 25.4 Å². The number of pyridine rings is 2. The average Bonchev–Trinajstić information content (AvgIpc) is 2.75. The SMILES string of the molecule is C.COc1cc(C(C)S(C)(=O)=NC#N)cnc1Cl.COc1cc(CS(C)(=O)=NC#N)cnc1Cl. The van der Waals surface area contributed by atoms with E-state index in [9.17, 15) is 8.42 Å². The summed E-state index contributed by atoms with van der Waals surface area (Å²) in [6, 6.07) is 3.28. The van der Waals surface area contributed by atoms with E-state index in [0.29, 0.717) is 22.6 Å². The van der Waals surface area contributed by atoms with E-state index in [-0.39, 0.29) is 23.5 Å². The third-order valence-electron chi connectivity index (χ3n) is 4.15. The maximum Gasteiger partial charge on any atom is 0.214 e. The molecule has 3 atom stereocenters. The molecule has 2 aromatic rings. The van der Waals surface area contributed by atoms with Crippen molar-refractivity contribution < 1.29 is 17.9 Å². The molecule has 10 nitrogen and oxygen atoms in total. The molecule has 0 N–H and O–H groups in total. The highest BCUT2D eigenvalue weighted by molar-refractivity contribution is 7.93. The Morgan fingerprint density at radius 1 is 1.00 bits per heavy atom. The topological polar surface area (TPSA) is 151 Å². The standard InChI is InChI=1S/C10H12ClN3O2S.C9H10ClN3O2S.CH4/c1-7(17(3,15)14-6-12)8-4-9(16-2)10(11)13-5-8;1-15-8-3-7(4-12-9(8)10)5-16(2,14)13-6-11;/h4-5,7H,1-3H3;3-4H,5H2,1-2H3;1H4. The Morgan fingerprint density at radius 3 is 2.00 bits per heavy atom. The third kappa shape index (κ3) is 9.31. The van der Waals surface area contributed by atoms with Crippen LogP contribution in [0, 0.1) is 22.9 Å². The van der Waals surface area contributed by atoms with Crippen LogP contribution in [0.2, 0.25) is 10.3 Å². The van der Waals surface area contributed by atoms with Crippen molar-refractivity contribution in [3.8, 4) is 23.9 Å². The Labute approximate surface area is 211 Å². The zero-order valence-corrected chi connectivity index (χ0v) is 21.6. The van der Waals surface area contributed by atoms with Crippen LogP contribution in [0.3, 0.4) is 0 Å². The van der Waals surface area contributed by atoms with Gasteiger partial charge < -0.3 is 9.47 Å². The molecule has 0 spiro atoms. The summed E-state index contributed by atoms with van der Waals surface area (Å²) in [6.45, 7) is 1.72. The summed E-state index contributed by atoms with van der Waals surface area (Å²) in [7, 11) is -2.23. The second kappa shape index (κ2) is 13.9. The van der Waals surface area contributed by atoms with Gasteiger partial charge in [0.25, 0.3) is 0 Å². The van der Waals surface area contributed by atoms with Crippen molar-refractivity contribution >= 4 is 42.7 Å². The summed E-state index contributed by atoms with van der Waals surface area (Å²) in [5.41, 5.74) is 1.32. The molecule has 186 valence electrons. The summed E-state index contributed by atoms with van der Waals surface area (Å²) in [4.78, 5) is 7.82. The highest BCUT2D eigenvalue weighted by Crippen LogP contribution is 2.29. The molecule has 0 aliphatic heterocycles. The lowest BCUT2D eigenvalue weighted by molar-refractivity contribution is 0.412. The van der Waals surface area contributed by atoms with Gasteiger partial charge in [-0.2, -0.15) is 10.5 Å². The molecule has 2 aromatic heterocycles. The second-order valence-electron chi connectivity index (χ2n) is 6.59. The summed E-state index contributed by atoms with van der Waals surface area (Å²) in [5, 5.41) is 16.9. The molecule has 0 saturated carbocycles. The highest BCUT2D eigenvalue weighted by atomic mass is 35.5. The van der Waals surface area contributed by atoms with Gasteiger partial charge in [0, 0.05) is 24.9 Å².